The molecule has 0 aliphatic carbocycles. The summed E-state index contributed by atoms with van der Waals surface area (Å²) >= 11 is 0. The SMILES string of the molecule is CCCN(C)CCCCN(C)CC=O. The van der Waals surface area contributed by atoms with E-state index in [-0.39, 0.29) is 0 Å². The highest BCUT2D eigenvalue weighted by Crippen LogP contribution is 1.95. The first kappa shape index (κ1) is 13.6. The first-order chi connectivity index (χ1) is 6.70. The van der Waals surface area contributed by atoms with Gasteiger partial charge in [-0.15, -0.1) is 0 Å². The minimum atomic E-state index is 0.560. The Balaban J connectivity index is 3.23. The van der Waals surface area contributed by atoms with Crippen molar-refractivity contribution in [3.8, 4) is 0 Å². The van der Waals surface area contributed by atoms with Crippen LogP contribution >= 0.6 is 0 Å². The van der Waals surface area contributed by atoms with Crippen LogP contribution in [0.2, 0.25) is 0 Å². The fourth-order valence-electron chi connectivity index (χ4n) is 1.48. The van der Waals surface area contributed by atoms with E-state index in [4.69, 9.17) is 0 Å². The molecule has 14 heavy (non-hydrogen) atoms. The molecule has 3 heteroatoms. The summed E-state index contributed by atoms with van der Waals surface area (Å²) in [6.45, 7) is 6.14. The van der Waals surface area contributed by atoms with Gasteiger partial charge < -0.3 is 9.69 Å². The minimum absolute atomic E-state index is 0.560. The zero-order valence-corrected chi connectivity index (χ0v) is 9.83. The Labute approximate surface area is 88.1 Å². The van der Waals surface area contributed by atoms with Crippen molar-refractivity contribution in [1.82, 2.24) is 9.80 Å². The molecular weight excluding hydrogens is 176 g/mol. The maximum Gasteiger partial charge on any atom is 0.133 e. The van der Waals surface area contributed by atoms with E-state index in [1.54, 1.807) is 0 Å². The average molecular weight is 200 g/mol. The number of nitrogens with zero attached hydrogens (tertiary/aromatic N) is 2. The van der Waals surface area contributed by atoms with Crippen LogP contribution < -0.4 is 0 Å². The smallest absolute Gasteiger partial charge is 0.133 e. The van der Waals surface area contributed by atoms with Gasteiger partial charge >= 0.3 is 0 Å². The van der Waals surface area contributed by atoms with E-state index in [2.05, 4.69) is 23.8 Å². The summed E-state index contributed by atoms with van der Waals surface area (Å²) in [5.41, 5.74) is 0. The van der Waals surface area contributed by atoms with Crippen LogP contribution in [0.25, 0.3) is 0 Å². The van der Waals surface area contributed by atoms with Crippen LogP contribution in [0.4, 0.5) is 0 Å². The Bertz CT molecular complexity index is 139. The van der Waals surface area contributed by atoms with Crippen LogP contribution in [0.15, 0.2) is 0 Å². The molecule has 0 bridgehead atoms. The Morgan fingerprint density at radius 3 is 2.07 bits per heavy atom. The number of rotatable bonds is 9. The molecule has 0 aromatic rings. The summed E-state index contributed by atoms with van der Waals surface area (Å²) in [5.74, 6) is 0. The fraction of sp³-hybridized carbons (Fsp3) is 0.909. The molecule has 3 nitrogen and oxygen atoms in total. The molecule has 0 radical (unpaired) electrons. The number of likely N-dealkylation sites (N-methyl/N-ethyl adjacent to an activating group) is 1. The molecule has 0 amide bonds. The molecule has 0 N–H and O–H groups in total. The van der Waals surface area contributed by atoms with Gasteiger partial charge in [0, 0.05) is 0 Å². The van der Waals surface area contributed by atoms with Crippen molar-refractivity contribution in [2.75, 3.05) is 40.3 Å². The van der Waals surface area contributed by atoms with Crippen molar-refractivity contribution in [3.63, 3.8) is 0 Å². The van der Waals surface area contributed by atoms with Gasteiger partial charge in [0.1, 0.15) is 6.29 Å². The van der Waals surface area contributed by atoms with Crippen LogP contribution in [-0.2, 0) is 4.79 Å². The van der Waals surface area contributed by atoms with Crippen molar-refractivity contribution in [2.45, 2.75) is 26.2 Å². The van der Waals surface area contributed by atoms with E-state index in [1.165, 1.54) is 32.4 Å². The standard InChI is InChI=1S/C11H24N2O/c1-4-7-12(2)8-5-6-9-13(3)10-11-14/h11H,4-10H2,1-3H3. The molecule has 0 aromatic heterocycles. The fourth-order valence-corrected chi connectivity index (χ4v) is 1.48. The lowest BCUT2D eigenvalue weighted by Crippen LogP contribution is -2.24. The molecule has 0 saturated heterocycles. The van der Waals surface area contributed by atoms with Gasteiger partial charge in [-0.3, -0.25) is 4.90 Å². The normalized spacial score (nSPS) is 11.2. The van der Waals surface area contributed by atoms with Crippen LogP contribution in [0.3, 0.4) is 0 Å². The van der Waals surface area contributed by atoms with Gasteiger partial charge in [-0.25, -0.2) is 0 Å². The summed E-state index contributed by atoms with van der Waals surface area (Å²) in [6.07, 6.45) is 4.59. The molecule has 0 rings (SSSR count). The molecule has 0 spiro atoms. The van der Waals surface area contributed by atoms with Gasteiger partial charge in [-0.2, -0.15) is 0 Å². The zero-order valence-electron chi connectivity index (χ0n) is 9.83. The second-order valence-corrected chi connectivity index (χ2v) is 3.94. The summed E-state index contributed by atoms with van der Waals surface area (Å²) in [6, 6.07) is 0. The molecule has 0 aliphatic rings. The summed E-state index contributed by atoms with van der Waals surface area (Å²) in [5, 5.41) is 0. The minimum Gasteiger partial charge on any atom is -0.306 e. The summed E-state index contributed by atoms with van der Waals surface area (Å²) < 4.78 is 0. The van der Waals surface area contributed by atoms with Crippen LogP contribution in [0, 0.1) is 0 Å². The Kier molecular flexibility index (Phi) is 8.89. The van der Waals surface area contributed by atoms with Gasteiger partial charge in [0.25, 0.3) is 0 Å². The predicted octanol–water partition coefficient (Wildman–Crippen LogP) is 1.24. The Morgan fingerprint density at radius 2 is 1.57 bits per heavy atom. The lowest BCUT2D eigenvalue weighted by molar-refractivity contribution is -0.108. The van der Waals surface area contributed by atoms with Crippen LogP contribution in [-0.4, -0.2) is 56.4 Å². The molecule has 0 atom stereocenters. The number of aldehydes is 1. The summed E-state index contributed by atoms with van der Waals surface area (Å²) in [7, 11) is 4.16. The van der Waals surface area contributed by atoms with Gasteiger partial charge in [-0.1, -0.05) is 6.92 Å². The van der Waals surface area contributed by atoms with E-state index in [0.29, 0.717) is 6.54 Å². The first-order valence-electron chi connectivity index (χ1n) is 5.51. The number of carbonyl (C=O) groups excluding carboxylic acids is 1. The number of hydrogen-bond donors (Lipinski definition) is 0. The molecule has 0 fully saturated rings. The van der Waals surface area contributed by atoms with Gasteiger partial charge in [0.05, 0.1) is 6.54 Å². The second-order valence-electron chi connectivity index (χ2n) is 3.94. The number of carbonyl (C=O) groups is 1. The molecule has 0 saturated carbocycles. The maximum absolute atomic E-state index is 10.2. The second kappa shape index (κ2) is 9.16. The highest BCUT2D eigenvalue weighted by molar-refractivity contribution is 5.51. The molecule has 0 aromatic carbocycles. The lowest BCUT2D eigenvalue weighted by atomic mass is 10.2. The third-order valence-corrected chi connectivity index (χ3v) is 2.32. The highest BCUT2D eigenvalue weighted by Gasteiger charge is 1.98. The maximum atomic E-state index is 10.2. The van der Waals surface area contributed by atoms with Crippen molar-refractivity contribution in [2.24, 2.45) is 0 Å². The quantitative estimate of drug-likeness (QED) is 0.413. The molecular formula is C11H24N2O. The van der Waals surface area contributed by atoms with Crippen molar-refractivity contribution in [3.05, 3.63) is 0 Å². The highest BCUT2D eigenvalue weighted by atomic mass is 16.1. The van der Waals surface area contributed by atoms with E-state index in [9.17, 15) is 4.79 Å². The number of unbranched alkanes of at least 4 members (excludes halogenated alkanes) is 1. The van der Waals surface area contributed by atoms with Crippen LogP contribution in [0.1, 0.15) is 26.2 Å². The third kappa shape index (κ3) is 8.20. The predicted molar refractivity (Wildman–Crippen MR) is 60.6 cm³/mol. The monoisotopic (exact) mass is 200 g/mol. The van der Waals surface area contributed by atoms with Gasteiger partial charge in [-0.05, 0) is 53.0 Å². The average Bonchev–Trinajstić information content (AvgIpc) is 2.13. The summed E-state index contributed by atoms with van der Waals surface area (Å²) in [4.78, 5) is 14.6. The molecule has 84 valence electrons. The third-order valence-electron chi connectivity index (χ3n) is 2.32. The Hall–Kier alpha value is -0.410. The van der Waals surface area contributed by atoms with Crippen molar-refractivity contribution in [1.29, 1.82) is 0 Å². The molecule has 0 heterocycles. The molecule has 0 unspecified atom stereocenters. The van der Waals surface area contributed by atoms with Crippen molar-refractivity contribution >= 4 is 6.29 Å². The lowest BCUT2D eigenvalue weighted by Gasteiger charge is -2.17. The van der Waals surface area contributed by atoms with E-state index >= 15 is 0 Å². The van der Waals surface area contributed by atoms with E-state index in [1.807, 2.05) is 7.05 Å². The van der Waals surface area contributed by atoms with E-state index < -0.39 is 0 Å². The zero-order chi connectivity index (χ0) is 10.8. The number of hydrogen-bond acceptors (Lipinski definition) is 3. The molecule has 0 aliphatic heterocycles. The largest absolute Gasteiger partial charge is 0.306 e. The first-order valence-corrected chi connectivity index (χ1v) is 5.51. The van der Waals surface area contributed by atoms with Crippen LogP contribution in [0.5, 0.6) is 0 Å². The van der Waals surface area contributed by atoms with Crippen molar-refractivity contribution < 1.29 is 4.79 Å². The van der Waals surface area contributed by atoms with Gasteiger partial charge in [0.2, 0.25) is 0 Å². The van der Waals surface area contributed by atoms with Gasteiger partial charge in [0.15, 0.2) is 0 Å². The van der Waals surface area contributed by atoms with E-state index in [0.717, 1.165) is 12.8 Å². The topological polar surface area (TPSA) is 23.6 Å². The Morgan fingerprint density at radius 1 is 1.00 bits per heavy atom.